The molecular weight excluding hydrogens is 232 g/mol. The van der Waals surface area contributed by atoms with Crippen molar-refractivity contribution in [3.05, 3.63) is 11.9 Å². The molecule has 2 heterocycles. The molecule has 18 heavy (non-hydrogen) atoms. The third-order valence-corrected chi connectivity index (χ3v) is 3.30. The molecule has 0 radical (unpaired) electrons. The molecule has 1 aromatic rings. The van der Waals surface area contributed by atoms with E-state index in [4.69, 9.17) is 4.74 Å². The number of hydrogen-bond donors (Lipinski definition) is 2. The van der Waals surface area contributed by atoms with Crippen LogP contribution in [0.5, 0.6) is 0 Å². The predicted molar refractivity (Wildman–Crippen MR) is 69.6 cm³/mol. The summed E-state index contributed by atoms with van der Waals surface area (Å²) in [6.45, 7) is 2.32. The van der Waals surface area contributed by atoms with Crippen molar-refractivity contribution in [2.45, 2.75) is 18.6 Å². The molecule has 1 unspecified atom stereocenters. The van der Waals surface area contributed by atoms with Gasteiger partial charge < -0.3 is 24.6 Å². The quantitative estimate of drug-likeness (QED) is 0.757. The van der Waals surface area contributed by atoms with Gasteiger partial charge in [0, 0.05) is 47.3 Å². The van der Waals surface area contributed by atoms with Gasteiger partial charge in [-0.3, -0.25) is 0 Å². The molecule has 0 aromatic carbocycles. The second-order valence-electron chi connectivity index (χ2n) is 5.13. The van der Waals surface area contributed by atoms with Crippen LogP contribution in [0.2, 0.25) is 0 Å². The van der Waals surface area contributed by atoms with Crippen molar-refractivity contribution in [1.29, 1.82) is 0 Å². The maximum Gasteiger partial charge on any atom is 0.204 e. The highest BCUT2D eigenvalue weighted by Gasteiger charge is 2.31. The number of imidazole rings is 1. The summed E-state index contributed by atoms with van der Waals surface area (Å²) in [6.07, 6.45) is 2.56. The number of hydrogen-bond acceptors (Lipinski definition) is 5. The molecule has 1 fully saturated rings. The summed E-state index contributed by atoms with van der Waals surface area (Å²) < 4.78 is 7.25. The topological polar surface area (TPSA) is 62.6 Å². The van der Waals surface area contributed by atoms with Crippen molar-refractivity contribution in [2.75, 3.05) is 38.8 Å². The minimum Gasteiger partial charge on any atom is -0.386 e. The van der Waals surface area contributed by atoms with Crippen LogP contribution in [0.15, 0.2) is 6.20 Å². The summed E-state index contributed by atoms with van der Waals surface area (Å²) in [5, 5.41) is 13.4. The van der Waals surface area contributed by atoms with Crippen LogP contribution in [0.3, 0.4) is 0 Å². The highest BCUT2D eigenvalue weighted by Crippen LogP contribution is 2.17. The Labute approximate surface area is 108 Å². The minimum atomic E-state index is -0.705. The Morgan fingerprint density at radius 1 is 1.61 bits per heavy atom. The lowest BCUT2D eigenvalue weighted by Crippen LogP contribution is -2.41. The van der Waals surface area contributed by atoms with E-state index < -0.39 is 5.60 Å². The van der Waals surface area contributed by atoms with Crippen molar-refractivity contribution >= 4 is 5.95 Å². The van der Waals surface area contributed by atoms with Crippen LogP contribution in [0, 0.1) is 0 Å². The van der Waals surface area contributed by atoms with Crippen LogP contribution in [-0.2, 0) is 18.3 Å². The fourth-order valence-corrected chi connectivity index (χ4v) is 2.17. The zero-order valence-electron chi connectivity index (χ0n) is 11.3. The number of ether oxygens (including phenoxy) is 1. The van der Waals surface area contributed by atoms with E-state index in [0.29, 0.717) is 32.7 Å². The molecule has 102 valence electrons. The lowest BCUT2D eigenvalue weighted by Gasteiger charge is -2.20. The fraction of sp³-hybridized carbons (Fsp3) is 0.750. The standard InChI is InChI=1S/C12H22N4O2/c1-15(2)11-14-7-10(16(11)3)6-13-8-12(17)4-5-18-9-12/h7,13,17H,4-6,8-9H2,1-3H3. The van der Waals surface area contributed by atoms with Crippen LogP contribution in [0.25, 0.3) is 0 Å². The van der Waals surface area contributed by atoms with Gasteiger partial charge in [-0.15, -0.1) is 0 Å². The van der Waals surface area contributed by atoms with Gasteiger partial charge in [0.1, 0.15) is 5.60 Å². The Morgan fingerprint density at radius 3 is 2.94 bits per heavy atom. The third kappa shape index (κ3) is 2.82. The van der Waals surface area contributed by atoms with Crippen LogP contribution in [0.4, 0.5) is 5.95 Å². The Bertz CT molecular complexity index is 397. The largest absolute Gasteiger partial charge is 0.386 e. The van der Waals surface area contributed by atoms with Crippen molar-refractivity contribution in [1.82, 2.24) is 14.9 Å². The SMILES string of the molecule is CN(C)c1ncc(CNCC2(O)CCOC2)n1C. The lowest BCUT2D eigenvalue weighted by molar-refractivity contribution is 0.0267. The van der Waals surface area contributed by atoms with Crippen molar-refractivity contribution in [2.24, 2.45) is 7.05 Å². The number of anilines is 1. The molecule has 0 amide bonds. The minimum absolute atomic E-state index is 0.425. The van der Waals surface area contributed by atoms with Gasteiger partial charge in [-0.1, -0.05) is 0 Å². The van der Waals surface area contributed by atoms with Crippen molar-refractivity contribution < 1.29 is 9.84 Å². The number of aliphatic hydroxyl groups is 1. The second-order valence-corrected chi connectivity index (χ2v) is 5.13. The molecule has 2 N–H and O–H groups in total. The first-order chi connectivity index (χ1) is 8.52. The summed E-state index contributed by atoms with van der Waals surface area (Å²) in [7, 11) is 5.93. The Morgan fingerprint density at radius 2 is 2.39 bits per heavy atom. The first-order valence-corrected chi connectivity index (χ1v) is 6.21. The summed E-state index contributed by atoms with van der Waals surface area (Å²) in [5.41, 5.74) is 0.393. The molecule has 1 aliphatic heterocycles. The number of aromatic nitrogens is 2. The van der Waals surface area contributed by atoms with E-state index in [2.05, 4.69) is 10.3 Å². The van der Waals surface area contributed by atoms with E-state index in [1.165, 1.54) is 0 Å². The molecule has 0 saturated carbocycles. The third-order valence-electron chi connectivity index (χ3n) is 3.30. The van der Waals surface area contributed by atoms with Gasteiger partial charge in [0.2, 0.25) is 5.95 Å². The Hall–Kier alpha value is -1.11. The van der Waals surface area contributed by atoms with Crippen LogP contribution < -0.4 is 10.2 Å². The maximum absolute atomic E-state index is 10.1. The van der Waals surface area contributed by atoms with Crippen LogP contribution in [0.1, 0.15) is 12.1 Å². The average Bonchev–Trinajstić information content (AvgIpc) is 2.87. The van der Waals surface area contributed by atoms with Crippen LogP contribution >= 0.6 is 0 Å². The molecule has 0 aliphatic carbocycles. The molecule has 6 heteroatoms. The number of nitrogens with one attached hydrogen (secondary N) is 1. The summed E-state index contributed by atoms with van der Waals surface area (Å²) in [4.78, 5) is 6.32. The van der Waals surface area contributed by atoms with E-state index in [1.54, 1.807) is 0 Å². The Kier molecular flexibility index (Phi) is 3.89. The normalized spacial score (nSPS) is 23.6. The summed E-state index contributed by atoms with van der Waals surface area (Å²) in [6, 6.07) is 0. The first kappa shape index (κ1) is 13.3. The van der Waals surface area contributed by atoms with E-state index in [9.17, 15) is 5.11 Å². The second kappa shape index (κ2) is 5.26. The van der Waals surface area contributed by atoms with E-state index in [1.807, 2.05) is 36.8 Å². The number of rotatable bonds is 5. The van der Waals surface area contributed by atoms with E-state index in [0.717, 1.165) is 11.6 Å². The first-order valence-electron chi connectivity index (χ1n) is 6.21. The van der Waals surface area contributed by atoms with Gasteiger partial charge in [0.05, 0.1) is 18.5 Å². The zero-order valence-corrected chi connectivity index (χ0v) is 11.3. The molecule has 6 nitrogen and oxygen atoms in total. The highest BCUT2D eigenvalue weighted by molar-refractivity contribution is 5.30. The predicted octanol–water partition coefficient (Wildman–Crippen LogP) is -0.273. The van der Waals surface area contributed by atoms with Gasteiger partial charge in [-0.2, -0.15) is 0 Å². The van der Waals surface area contributed by atoms with Crippen molar-refractivity contribution in [3.8, 4) is 0 Å². The lowest BCUT2D eigenvalue weighted by atomic mass is 10.0. The average molecular weight is 254 g/mol. The molecule has 2 rings (SSSR count). The highest BCUT2D eigenvalue weighted by atomic mass is 16.5. The molecule has 1 atom stereocenters. The molecule has 1 aliphatic rings. The zero-order chi connectivity index (χ0) is 13.2. The molecule has 0 spiro atoms. The molecular formula is C12H22N4O2. The van der Waals surface area contributed by atoms with Gasteiger partial charge in [-0.25, -0.2) is 4.98 Å². The smallest absolute Gasteiger partial charge is 0.204 e. The molecule has 1 aromatic heterocycles. The monoisotopic (exact) mass is 254 g/mol. The van der Waals surface area contributed by atoms with Gasteiger partial charge in [0.25, 0.3) is 0 Å². The summed E-state index contributed by atoms with van der Waals surface area (Å²) >= 11 is 0. The van der Waals surface area contributed by atoms with Crippen molar-refractivity contribution in [3.63, 3.8) is 0 Å². The molecule has 0 bridgehead atoms. The van der Waals surface area contributed by atoms with E-state index >= 15 is 0 Å². The van der Waals surface area contributed by atoms with Gasteiger partial charge in [0.15, 0.2) is 0 Å². The Balaban J connectivity index is 1.87. The van der Waals surface area contributed by atoms with Crippen LogP contribution in [-0.4, -0.2) is 54.1 Å². The fourth-order valence-electron chi connectivity index (χ4n) is 2.17. The van der Waals surface area contributed by atoms with E-state index in [-0.39, 0.29) is 0 Å². The maximum atomic E-state index is 10.1. The van der Waals surface area contributed by atoms with Gasteiger partial charge in [-0.05, 0) is 0 Å². The number of nitrogens with zero attached hydrogens (tertiary/aromatic N) is 3. The van der Waals surface area contributed by atoms with Gasteiger partial charge >= 0.3 is 0 Å². The summed E-state index contributed by atoms with van der Waals surface area (Å²) in [5.74, 6) is 0.926. The molecule has 1 saturated heterocycles.